The van der Waals surface area contributed by atoms with Gasteiger partial charge in [0.05, 0.1) is 25.1 Å². The zero-order valence-corrected chi connectivity index (χ0v) is 20.3. The van der Waals surface area contributed by atoms with Crippen molar-refractivity contribution in [1.82, 2.24) is 5.32 Å². The summed E-state index contributed by atoms with van der Waals surface area (Å²) in [5, 5.41) is 3.00. The number of amides is 1. The summed E-state index contributed by atoms with van der Waals surface area (Å²) in [6.45, 7) is 7.74. The van der Waals surface area contributed by atoms with Gasteiger partial charge in [0.25, 0.3) is 0 Å². The molecule has 7 nitrogen and oxygen atoms in total. The highest BCUT2D eigenvalue weighted by molar-refractivity contribution is 7.92. The minimum atomic E-state index is -3.65. The Bertz CT molecular complexity index is 1080. The van der Waals surface area contributed by atoms with Crippen molar-refractivity contribution < 1.29 is 22.7 Å². The van der Waals surface area contributed by atoms with Crippen LogP contribution >= 0.6 is 0 Å². The number of methoxy groups -OCH3 is 1. The van der Waals surface area contributed by atoms with Crippen LogP contribution in [0.4, 0.5) is 5.69 Å². The first kappa shape index (κ1) is 23.9. The first-order valence-electron chi connectivity index (χ1n) is 10.6. The Kier molecular flexibility index (Phi) is 6.74. The first-order valence-corrected chi connectivity index (χ1v) is 12.5. The minimum Gasteiger partial charge on any atom is -0.497 e. The number of fused-ring (bicyclic) bond motifs is 1. The lowest BCUT2D eigenvalue weighted by Gasteiger charge is -2.38. The van der Waals surface area contributed by atoms with Gasteiger partial charge in [0, 0.05) is 12.0 Å². The molecule has 0 saturated heterocycles. The van der Waals surface area contributed by atoms with Gasteiger partial charge in [0.1, 0.15) is 23.6 Å². The molecule has 1 atom stereocenters. The van der Waals surface area contributed by atoms with Crippen LogP contribution in [0.25, 0.3) is 0 Å². The van der Waals surface area contributed by atoms with Crippen LogP contribution in [0, 0.1) is 0 Å². The van der Waals surface area contributed by atoms with Gasteiger partial charge in [0.15, 0.2) is 0 Å². The molecule has 3 rings (SSSR count). The quantitative estimate of drug-likeness (QED) is 0.675. The maximum Gasteiger partial charge on any atom is 0.241 e. The van der Waals surface area contributed by atoms with Gasteiger partial charge in [-0.05, 0) is 55.7 Å². The Hall–Kier alpha value is -2.74. The summed E-state index contributed by atoms with van der Waals surface area (Å²) in [6, 6.07) is 12.4. The number of nitrogens with zero attached hydrogens (tertiary/aromatic N) is 1. The van der Waals surface area contributed by atoms with E-state index in [1.807, 2.05) is 44.2 Å². The van der Waals surface area contributed by atoms with Crippen molar-refractivity contribution in [3.05, 3.63) is 53.6 Å². The second-order valence-electron chi connectivity index (χ2n) is 9.11. The summed E-state index contributed by atoms with van der Waals surface area (Å²) in [5.41, 5.74) is 1.88. The van der Waals surface area contributed by atoms with Gasteiger partial charge in [-0.2, -0.15) is 0 Å². The van der Waals surface area contributed by atoms with Crippen LogP contribution < -0.4 is 19.1 Å². The zero-order valence-electron chi connectivity index (χ0n) is 19.5. The molecule has 32 heavy (non-hydrogen) atoms. The van der Waals surface area contributed by atoms with Gasteiger partial charge in [-0.1, -0.05) is 26.0 Å². The van der Waals surface area contributed by atoms with E-state index in [1.54, 1.807) is 19.2 Å². The summed E-state index contributed by atoms with van der Waals surface area (Å²) in [6.07, 6.45) is 1.65. The number of sulfonamides is 1. The van der Waals surface area contributed by atoms with Gasteiger partial charge in [-0.25, -0.2) is 8.42 Å². The highest BCUT2D eigenvalue weighted by Crippen LogP contribution is 2.41. The van der Waals surface area contributed by atoms with Crippen LogP contribution in [0.5, 0.6) is 11.5 Å². The van der Waals surface area contributed by atoms with Crippen molar-refractivity contribution in [2.45, 2.75) is 51.7 Å². The lowest BCUT2D eigenvalue weighted by molar-refractivity contribution is -0.120. The number of hydrogen-bond donors (Lipinski definition) is 1. The highest BCUT2D eigenvalue weighted by Gasteiger charge is 2.35. The van der Waals surface area contributed by atoms with E-state index in [0.29, 0.717) is 29.5 Å². The van der Waals surface area contributed by atoms with E-state index in [2.05, 4.69) is 19.2 Å². The van der Waals surface area contributed by atoms with Crippen molar-refractivity contribution in [3.63, 3.8) is 0 Å². The molecule has 1 aliphatic heterocycles. The average molecular weight is 461 g/mol. The lowest BCUT2D eigenvalue weighted by atomic mass is 9.89. The molecular formula is C24H32N2O5S. The van der Waals surface area contributed by atoms with E-state index < -0.39 is 15.6 Å². The van der Waals surface area contributed by atoms with E-state index in [-0.39, 0.29) is 18.5 Å². The molecule has 0 aliphatic carbocycles. The van der Waals surface area contributed by atoms with Crippen LogP contribution in [-0.2, 0) is 14.8 Å². The van der Waals surface area contributed by atoms with Crippen LogP contribution in [0.1, 0.15) is 57.2 Å². The number of hydrogen-bond acceptors (Lipinski definition) is 5. The molecule has 1 aliphatic rings. The van der Waals surface area contributed by atoms with Crippen molar-refractivity contribution in [2.75, 3.05) is 24.2 Å². The maximum atomic E-state index is 13.0. The fourth-order valence-corrected chi connectivity index (χ4v) is 4.74. The third-order valence-corrected chi connectivity index (χ3v) is 6.69. The standard InChI is InChI=1S/C24H32N2O5S/c1-16(2)17-7-9-18(10-8-17)26(32(6,28)29)15-23(27)25-21-14-24(3,4)31-22-12-11-19(30-5)13-20(21)22/h7-13,16,21H,14-15H2,1-6H3,(H,25,27). The van der Waals surface area contributed by atoms with E-state index in [9.17, 15) is 13.2 Å². The largest absolute Gasteiger partial charge is 0.497 e. The molecule has 0 bridgehead atoms. The minimum absolute atomic E-state index is 0.309. The van der Waals surface area contributed by atoms with E-state index >= 15 is 0 Å². The molecular weight excluding hydrogens is 428 g/mol. The third-order valence-electron chi connectivity index (χ3n) is 5.54. The van der Waals surface area contributed by atoms with Crippen LogP contribution in [0.3, 0.4) is 0 Å². The van der Waals surface area contributed by atoms with Crippen molar-refractivity contribution in [3.8, 4) is 11.5 Å². The highest BCUT2D eigenvalue weighted by atomic mass is 32.2. The van der Waals surface area contributed by atoms with E-state index in [1.165, 1.54) is 0 Å². The molecule has 0 fully saturated rings. The predicted molar refractivity (Wildman–Crippen MR) is 126 cm³/mol. The number of rotatable bonds is 7. The van der Waals surface area contributed by atoms with Gasteiger partial charge >= 0.3 is 0 Å². The van der Waals surface area contributed by atoms with Gasteiger partial charge < -0.3 is 14.8 Å². The number of benzene rings is 2. The number of carbonyl (C=O) groups is 1. The summed E-state index contributed by atoms with van der Waals surface area (Å²) >= 11 is 0. The van der Waals surface area contributed by atoms with Crippen LogP contribution in [0.15, 0.2) is 42.5 Å². The summed E-state index contributed by atoms with van der Waals surface area (Å²) in [4.78, 5) is 13.0. The number of nitrogens with one attached hydrogen (secondary N) is 1. The van der Waals surface area contributed by atoms with E-state index in [4.69, 9.17) is 9.47 Å². The van der Waals surface area contributed by atoms with Crippen molar-refractivity contribution in [1.29, 1.82) is 0 Å². The van der Waals surface area contributed by atoms with Gasteiger partial charge in [0.2, 0.25) is 15.9 Å². The fourth-order valence-electron chi connectivity index (χ4n) is 3.88. The van der Waals surface area contributed by atoms with Gasteiger partial charge in [-0.15, -0.1) is 0 Å². The third kappa shape index (κ3) is 5.54. The fraction of sp³-hybridized carbons (Fsp3) is 0.458. The van der Waals surface area contributed by atoms with Crippen LogP contribution in [0.2, 0.25) is 0 Å². The molecule has 1 N–H and O–H groups in total. The van der Waals surface area contributed by atoms with E-state index in [0.717, 1.165) is 21.7 Å². The van der Waals surface area contributed by atoms with Crippen molar-refractivity contribution in [2.24, 2.45) is 0 Å². The smallest absolute Gasteiger partial charge is 0.241 e. The predicted octanol–water partition coefficient (Wildman–Crippen LogP) is 4.00. The van der Waals surface area contributed by atoms with Gasteiger partial charge in [-0.3, -0.25) is 9.10 Å². The molecule has 0 radical (unpaired) electrons. The summed E-state index contributed by atoms with van der Waals surface area (Å²) in [7, 11) is -2.07. The summed E-state index contributed by atoms with van der Waals surface area (Å²) in [5.74, 6) is 1.28. The number of anilines is 1. The molecule has 8 heteroatoms. The lowest BCUT2D eigenvalue weighted by Crippen LogP contribution is -2.45. The SMILES string of the molecule is COc1ccc2c(c1)C(NC(=O)CN(c1ccc(C(C)C)cc1)S(C)(=O)=O)CC(C)(C)O2. The second-order valence-corrected chi connectivity index (χ2v) is 11.0. The average Bonchev–Trinajstić information content (AvgIpc) is 2.70. The normalized spacial score (nSPS) is 17.3. The molecule has 1 amide bonds. The Balaban J connectivity index is 1.84. The molecule has 0 saturated carbocycles. The Morgan fingerprint density at radius 1 is 1.22 bits per heavy atom. The molecule has 2 aromatic carbocycles. The Morgan fingerprint density at radius 3 is 2.44 bits per heavy atom. The first-order chi connectivity index (χ1) is 14.9. The topological polar surface area (TPSA) is 84.9 Å². The molecule has 174 valence electrons. The Labute approximate surface area is 190 Å². The number of carbonyl (C=O) groups excluding carboxylic acids is 1. The number of ether oxygens (including phenoxy) is 2. The van der Waals surface area contributed by atoms with Crippen molar-refractivity contribution >= 4 is 21.6 Å². The summed E-state index contributed by atoms with van der Waals surface area (Å²) < 4.78 is 37.4. The Morgan fingerprint density at radius 2 is 1.88 bits per heavy atom. The molecule has 0 spiro atoms. The molecule has 1 unspecified atom stereocenters. The molecule has 1 heterocycles. The zero-order chi connectivity index (χ0) is 23.7. The monoisotopic (exact) mass is 460 g/mol. The molecule has 0 aromatic heterocycles. The molecule has 2 aromatic rings. The maximum absolute atomic E-state index is 13.0. The second kappa shape index (κ2) is 9.02. The van der Waals surface area contributed by atoms with Crippen LogP contribution in [-0.4, -0.2) is 39.8 Å².